The molecular weight excluding hydrogens is 296 g/mol. The summed E-state index contributed by atoms with van der Waals surface area (Å²) in [6.45, 7) is 6.93. The predicted octanol–water partition coefficient (Wildman–Crippen LogP) is 0.127. The van der Waals surface area contributed by atoms with Crippen molar-refractivity contribution in [2.45, 2.75) is 63.7 Å². The molecule has 0 amide bonds. The third-order valence-electron chi connectivity index (χ3n) is 3.68. The minimum atomic E-state index is -1.17. The van der Waals surface area contributed by atoms with Gasteiger partial charge in [0.1, 0.15) is 18.3 Å². The molecule has 8 heteroatoms. The number of carbonyl (C=O) groups excluding carboxylic acids is 2. The zero-order valence-corrected chi connectivity index (χ0v) is 13.0. The molecule has 4 unspecified atom stereocenters. The zero-order valence-electron chi connectivity index (χ0n) is 13.0. The third-order valence-corrected chi connectivity index (χ3v) is 3.68. The van der Waals surface area contributed by atoms with Crippen molar-refractivity contribution in [1.82, 2.24) is 0 Å². The number of esters is 2. The lowest BCUT2D eigenvalue weighted by atomic mass is 10.0. The van der Waals surface area contributed by atoms with Crippen LogP contribution in [0.2, 0.25) is 0 Å². The largest absolute Gasteiger partial charge is 0.451 e. The van der Waals surface area contributed by atoms with Gasteiger partial charge in [0, 0.05) is 0 Å². The van der Waals surface area contributed by atoms with E-state index in [0.29, 0.717) is 6.61 Å². The molecule has 0 N–H and O–H groups in total. The summed E-state index contributed by atoms with van der Waals surface area (Å²) in [5.41, 5.74) is 0. The average Bonchev–Trinajstić information content (AvgIpc) is 2.92. The molecule has 0 saturated carbocycles. The van der Waals surface area contributed by atoms with Crippen molar-refractivity contribution in [3.05, 3.63) is 0 Å². The Hall–Kier alpha value is -1.22. The maximum Gasteiger partial charge on any atom is 0.350 e. The van der Waals surface area contributed by atoms with E-state index in [1.165, 1.54) is 0 Å². The number of hydrogen-bond acceptors (Lipinski definition) is 8. The highest BCUT2D eigenvalue weighted by molar-refractivity contribution is 5.85. The number of hydrogen-bond donors (Lipinski definition) is 0. The topological polar surface area (TPSA) is 89.5 Å². The van der Waals surface area contributed by atoms with Gasteiger partial charge in [-0.1, -0.05) is 0 Å². The molecule has 3 aliphatic rings. The molecule has 3 aliphatic heterocycles. The van der Waals surface area contributed by atoms with Crippen molar-refractivity contribution in [3.8, 4) is 0 Å². The van der Waals surface area contributed by atoms with Crippen LogP contribution in [0.1, 0.15) is 27.7 Å². The highest BCUT2D eigenvalue weighted by atomic mass is 16.8. The van der Waals surface area contributed by atoms with Crippen LogP contribution in [-0.4, -0.2) is 61.1 Å². The van der Waals surface area contributed by atoms with Gasteiger partial charge in [-0.15, -0.1) is 0 Å². The summed E-state index contributed by atoms with van der Waals surface area (Å²) < 4.78 is 32.9. The minimum Gasteiger partial charge on any atom is -0.451 e. The SMILES string of the molecule is CC1(C)OCC(C2OC(C)(C)OC2C2OC(=O)COC2=O)O1. The van der Waals surface area contributed by atoms with Gasteiger partial charge in [0.25, 0.3) is 0 Å². The van der Waals surface area contributed by atoms with Gasteiger partial charge in [0.15, 0.2) is 18.2 Å². The molecular formula is C14H20O8. The molecule has 22 heavy (non-hydrogen) atoms. The van der Waals surface area contributed by atoms with Crippen molar-refractivity contribution in [2.75, 3.05) is 13.2 Å². The van der Waals surface area contributed by atoms with E-state index in [4.69, 9.17) is 28.4 Å². The summed E-state index contributed by atoms with van der Waals surface area (Å²) in [7, 11) is 0. The van der Waals surface area contributed by atoms with E-state index in [9.17, 15) is 9.59 Å². The summed E-state index contributed by atoms with van der Waals surface area (Å²) in [5, 5.41) is 0. The Morgan fingerprint density at radius 1 is 0.955 bits per heavy atom. The van der Waals surface area contributed by atoms with Gasteiger partial charge in [-0.05, 0) is 27.7 Å². The molecule has 0 aromatic carbocycles. The van der Waals surface area contributed by atoms with Crippen LogP contribution in [0, 0.1) is 0 Å². The Kier molecular flexibility index (Phi) is 3.67. The first-order chi connectivity index (χ1) is 10.2. The summed E-state index contributed by atoms with van der Waals surface area (Å²) in [6, 6.07) is 0. The van der Waals surface area contributed by atoms with E-state index < -0.39 is 47.9 Å². The van der Waals surface area contributed by atoms with Gasteiger partial charge in [-0.25, -0.2) is 9.59 Å². The monoisotopic (exact) mass is 316 g/mol. The molecule has 0 bridgehead atoms. The van der Waals surface area contributed by atoms with E-state index in [2.05, 4.69) is 0 Å². The molecule has 0 spiro atoms. The number of cyclic esters (lactones) is 2. The van der Waals surface area contributed by atoms with Gasteiger partial charge in [-0.3, -0.25) is 0 Å². The molecule has 8 nitrogen and oxygen atoms in total. The van der Waals surface area contributed by atoms with Crippen LogP contribution in [0.5, 0.6) is 0 Å². The highest BCUT2D eigenvalue weighted by Crippen LogP contribution is 2.37. The molecule has 0 aromatic rings. The minimum absolute atomic E-state index is 0.295. The van der Waals surface area contributed by atoms with E-state index in [-0.39, 0.29) is 6.61 Å². The van der Waals surface area contributed by atoms with Gasteiger partial charge < -0.3 is 28.4 Å². The van der Waals surface area contributed by atoms with Crippen LogP contribution in [0.15, 0.2) is 0 Å². The molecule has 3 saturated heterocycles. The molecule has 3 heterocycles. The first-order valence-electron chi connectivity index (χ1n) is 7.20. The quantitative estimate of drug-likeness (QED) is 0.664. The third kappa shape index (κ3) is 2.96. The fourth-order valence-corrected chi connectivity index (χ4v) is 2.85. The molecule has 0 radical (unpaired) electrons. The molecule has 124 valence electrons. The molecule has 4 atom stereocenters. The van der Waals surface area contributed by atoms with Gasteiger partial charge in [-0.2, -0.15) is 0 Å². The standard InChI is InChI=1S/C14H20O8/c1-13(2)18-5-7(20-13)9-10(22-14(3,4)21-9)11-12(16)17-6-8(15)19-11/h7,9-11H,5-6H2,1-4H3. The fraction of sp³-hybridized carbons (Fsp3) is 0.857. The Balaban J connectivity index is 1.81. The fourth-order valence-electron chi connectivity index (χ4n) is 2.85. The Morgan fingerprint density at radius 3 is 2.27 bits per heavy atom. The van der Waals surface area contributed by atoms with Crippen LogP contribution in [0.4, 0.5) is 0 Å². The Bertz CT molecular complexity index is 485. The lowest BCUT2D eigenvalue weighted by molar-refractivity contribution is -0.200. The van der Waals surface area contributed by atoms with E-state index in [0.717, 1.165) is 0 Å². The van der Waals surface area contributed by atoms with Crippen molar-refractivity contribution in [2.24, 2.45) is 0 Å². The van der Waals surface area contributed by atoms with Crippen LogP contribution >= 0.6 is 0 Å². The predicted molar refractivity (Wildman–Crippen MR) is 69.6 cm³/mol. The smallest absolute Gasteiger partial charge is 0.350 e. The van der Waals surface area contributed by atoms with Gasteiger partial charge >= 0.3 is 11.9 Å². The van der Waals surface area contributed by atoms with Crippen molar-refractivity contribution >= 4 is 11.9 Å². The van der Waals surface area contributed by atoms with Crippen LogP contribution in [0.25, 0.3) is 0 Å². The number of ether oxygens (including phenoxy) is 6. The highest BCUT2D eigenvalue weighted by Gasteiger charge is 2.56. The Labute approximate surface area is 127 Å². The van der Waals surface area contributed by atoms with Gasteiger partial charge in [0.2, 0.25) is 6.10 Å². The van der Waals surface area contributed by atoms with Crippen LogP contribution in [0.3, 0.4) is 0 Å². The number of rotatable bonds is 2. The van der Waals surface area contributed by atoms with E-state index in [1.807, 2.05) is 0 Å². The second-order valence-corrected chi connectivity index (χ2v) is 6.45. The first kappa shape index (κ1) is 15.7. The zero-order chi connectivity index (χ0) is 16.1. The molecule has 0 aromatic heterocycles. The normalized spacial score (nSPS) is 40.4. The van der Waals surface area contributed by atoms with Crippen LogP contribution < -0.4 is 0 Å². The first-order valence-corrected chi connectivity index (χ1v) is 7.20. The molecule has 3 rings (SSSR count). The van der Waals surface area contributed by atoms with Crippen molar-refractivity contribution in [3.63, 3.8) is 0 Å². The van der Waals surface area contributed by atoms with Crippen molar-refractivity contribution in [1.29, 1.82) is 0 Å². The number of carbonyl (C=O) groups is 2. The summed E-state index contributed by atoms with van der Waals surface area (Å²) in [6.07, 6.45) is -3.02. The van der Waals surface area contributed by atoms with E-state index >= 15 is 0 Å². The molecule has 3 fully saturated rings. The summed E-state index contributed by atoms with van der Waals surface area (Å²) in [5.74, 6) is -2.93. The van der Waals surface area contributed by atoms with E-state index in [1.54, 1.807) is 27.7 Å². The summed E-state index contributed by atoms with van der Waals surface area (Å²) >= 11 is 0. The Morgan fingerprint density at radius 2 is 1.64 bits per heavy atom. The van der Waals surface area contributed by atoms with Crippen molar-refractivity contribution < 1.29 is 38.0 Å². The molecule has 0 aliphatic carbocycles. The van der Waals surface area contributed by atoms with Gasteiger partial charge in [0.05, 0.1) is 6.61 Å². The maximum absolute atomic E-state index is 11.9. The lowest BCUT2D eigenvalue weighted by Crippen LogP contribution is -2.52. The maximum atomic E-state index is 11.9. The second-order valence-electron chi connectivity index (χ2n) is 6.45. The summed E-state index contributed by atoms with van der Waals surface area (Å²) in [4.78, 5) is 23.3. The lowest BCUT2D eigenvalue weighted by Gasteiger charge is -2.29. The average molecular weight is 316 g/mol. The van der Waals surface area contributed by atoms with Crippen LogP contribution in [-0.2, 0) is 38.0 Å². The second kappa shape index (κ2) is 5.16.